The highest BCUT2D eigenvalue weighted by Crippen LogP contribution is 2.26. The van der Waals surface area contributed by atoms with Crippen LogP contribution in [0.5, 0.6) is 5.75 Å². The Labute approximate surface area is 126 Å². The number of amides is 2. The third-order valence-corrected chi connectivity index (χ3v) is 3.31. The predicted molar refractivity (Wildman–Crippen MR) is 83.3 cm³/mol. The minimum Gasteiger partial charge on any atom is -0.495 e. The Balaban J connectivity index is 2.74. The van der Waals surface area contributed by atoms with Gasteiger partial charge >= 0.3 is 0 Å². The first-order valence-corrected chi connectivity index (χ1v) is 7.16. The minimum atomic E-state index is -1.14. The van der Waals surface area contributed by atoms with Gasteiger partial charge in [-0.3, -0.25) is 9.59 Å². The lowest BCUT2D eigenvalue weighted by atomic mass is 9.91. The summed E-state index contributed by atoms with van der Waals surface area (Å²) in [5.41, 5.74) is -0.589. The number of rotatable bonds is 7. The van der Waals surface area contributed by atoms with Crippen molar-refractivity contribution in [1.29, 1.82) is 0 Å². The molecule has 0 saturated carbocycles. The number of hydrogen-bond acceptors (Lipinski definition) is 3. The summed E-state index contributed by atoms with van der Waals surface area (Å²) in [4.78, 5) is 24.5. The quantitative estimate of drug-likeness (QED) is 0.599. The van der Waals surface area contributed by atoms with Crippen LogP contribution >= 0.6 is 0 Å². The fourth-order valence-electron chi connectivity index (χ4n) is 1.73. The van der Waals surface area contributed by atoms with E-state index < -0.39 is 5.41 Å². The van der Waals surface area contributed by atoms with Gasteiger partial charge < -0.3 is 15.4 Å². The van der Waals surface area contributed by atoms with Gasteiger partial charge in [0.1, 0.15) is 11.2 Å². The summed E-state index contributed by atoms with van der Waals surface area (Å²) in [5.74, 6) is -0.0719. The molecule has 5 nitrogen and oxygen atoms in total. The van der Waals surface area contributed by atoms with Crippen LogP contribution < -0.4 is 15.4 Å². The molecule has 0 radical (unpaired) electrons. The number of nitrogens with one attached hydrogen (secondary N) is 2. The highest BCUT2D eigenvalue weighted by molar-refractivity contribution is 6.10. The van der Waals surface area contributed by atoms with Crippen LogP contribution in [0.2, 0.25) is 0 Å². The van der Waals surface area contributed by atoms with E-state index in [0.29, 0.717) is 18.0 Å². The Bertz CT molecular complexity index is 498. The summed E-state index contributed by atoms with van der Waals surface area (Å²) in [5, 5.41) is 5.54. The van der Waals surface area contributed by atoms with Gasteiger partial charge in [0.05, 0.1) is 12.8 Å². The first-order valence-electron chi connectivity index (χ1n) is 7.16. The standard InChI is InChI=1S/C16H24N2O3/c1-5-6-11-17-14(19)16(2,3)15(20)18-12-9-7-8-10-13(12)21-4/h7-10H,5-6,11H2,1-4H3,(H,17,19)(H,18,20). The van der Waals surface area contributed by atoms with Crippen LogP contribution in [-0.4, -0.2) is 25.5 Å². The predicted octanol–water partition coefficient (Wildman–Crippen LogP) is 2.58. The first-order chi connectivity index (χ1) is 9.93. The molecule has 0 saturated heterocycles. The van der Waals surface area contributed by atoms with Gasteiger partial charge in [-0.15, -0.1) is 0 Å². The normalized spacial score (nSPS) is 10.9. The van der Waals surface area contributed by atoms with Crippen LogP contribution in [0.25, 0.3) is 0 Å². The highest BCUT2D eigenvalue weighted by Gasteiger charge is 2.36. The molecule has 21 heavy (non-hydrogen) atoms. The zero-order chi connectivity index (χ0) is 15.9. The summed E-state index contributed by atoms with van der Waals surface area (Å²) in [6.45, 7) is 5.85. The van der Waals surface area contributed by atoms with Crippen LogP contribution in [-0.2, 0) is 9.59 Å². The van der Waals surface area contributed by atoms with Crippen LogP contribution in [0.1, 0.15) is 33.6 Å². The summed E-state index contributed by atoms with van der Waals surface area (Å²) >= 11 is 0. The summed E-state index contributed by atoms with van der Waals surface area (Å²) in [6, 6.07) is 7.11. The van der Waals surface area contributed by atoms with Crippen molar-refractivity contribution < 1.29 is 14.3 Å². The van der Waals surface area contributed by atoms with Crippen molar-refractivity contribution in [2.45, 2.75) is 33.6 Å². The van der Waals surface area contributed by atoms with Gasteiger partial charge in [-0.05, 0) is 32.4 Å². The van der Waals surface area contributed by atoms with Crippen molar-refractivity contribution in [1.82, 2.24) is 5.32 Å². The monoisotopic (exact) mass is 292 g/mol. The van der Waals surface area contributed by atoms with Gasteiger partial charge in [0.15, 0.2) is 0 Å². The molecule has 1 rings (SSSR count). The smallest absolute Gasteiger partial charge is 0.239 e. The molecule has 1 aromatic carbocycles. The SMILES string of the molecule is CCCCNC(=O)C(C)(C)C(=O)Nc1ccccc1OC. The maximum Gasteiger partial charge on any atom is 0.239 e. The van der Waals surface area contributed by atoms with E-state index in [-0.39, 0.29) is 11.8 Å². The Hall–Kier alpha value is -2.04. The number of hydrogen-bond donors (Lipinski definition) is 2. The van der Waals surface area contributed by atoms with Gasteiger partial charge in [0.25, 0.3) is 0 Å². The van der Waals surface area contributed by atoms with Crippen molar-refractivity contribution >= 4 is 17.5 Å². The van der Waals surface area contributed by atoms with Crippen molar-refractivity contribution in [2.24, 2.45) is 5.41 Å². The van der Waals surface area contributed by atoms with Crippen LogP contribution in [0.4, 0.5) is 5.69 Å². The fraction of sp³-hybridized carbons (Fsp3) is 0.500. The second-order valence-corrected chi connectivity index (χ2v) is 5.39. The number of ether oxygens (including phenoxy) is 1. The third kappa shape index (κ3) is 4.48. The maximum atomic E-state index is 12.3. The van der Waals surface area contributed by atoms with E-state index in [2.05, 4.69) is 10.6 Å². The molecular formula is C16H24N2O3. The molecule has 0 bridgehead atoms. The fourth-order valence-corrected chi connectivity index (χ4v) is 1.73. The van der Waals surface area contributed by atoms with Gasteiger partial charge in [-0.25, -0.2) is 0 Å². The van der Waals surface area contributed by atoms with E-state index in [4.69, 9.17) is 4.74 Å². The molecule has 2 amide bonds. The second kappa shape index (κ2) is 7.67. The van der Waals surface area contributed by atoms with Gasteiger partial charge in [-0.1, -0.05) is 25.5 Å². The van der Waals surface area contributed by atoms with E-state index in [1.807, 2.05) is 13.0 Å². The zero-order valence-corrected chi connectivity index (χ0v) is 13.2. The van der Waals surface area contributed by atoms with Crippen molar-refractivity contribution in [3.05, 3.63) is 24.3 Å². The van der Waals surface area contributed by atoms with Crippen molar-refractivity contribution in [3.8, 4) is 5.75 Å². The Morgan fingerprint density at radius 1 is 1.19 bits per heavy atom. The van der Waals surface area contributed by atoms with Crippen LogP contribution in [0, 0.1) is 5.41 Å². The molecule has 0 aromatic heterocycles. The van der Waals surface area contributed by atoms with Gasteiger partial charge in [-0.2, -0.15) is 0 Å². The van der Waals surface area contributed by atoms with E-state index in [9.17, 15) is 9.59 Å². The number of unbranched alkanes of at least 4 members (excludes halogenated alkanes) is 1. The van der Waals surface area contributed by atoms with Crippen molar-refractivity contribution in [2.75, 3.05) is 19.0 Å². The third-order valence-electron chi connectivity index (χ3n) is 3.31. The Kier molecular flexibility index (Phi) is 6.21. The molecule has 5 heteroatoms. The van der Waals surface area contributed by atoms with Gasteiger partial charge in [0, 0.05) is 6.54 Å². The molecule has 0 aliphatic rings. The van der Waals surface area contributed by atoms with E-state index >= 15 is 0 Å². The number of para-hydroxylation sites is 2. The molecule has 0 spiro atoms. The van der Waals surface area contributed by atoms with E-state index in [1.165, 1.54) is 7.11 Å². The molecule has 0 atom stereocenters. The van der Waals surface area contributed by atoms with Crippen molar-refractivity contribution in [3.63, 3.8) is 0 Å². The summed E-state index contributed by atoms with van der Waals surface area (Å²) in [7, 11) is 1.54. The number of carbonyl (C=O) groups is 2. The maximum absolute atomic E-state index is 12.3. The van der Waals surface area contributed by atoms with Crippen LogP contribution in [0.15, 0.2) is 24.3 Å². The lowest BCUT2D eigenvalue weighted by Crippen LogP contribution is -2.45. The zero-order valence-electron chi connectivity index (χ0n) is 13.2. The average molecular weight is 292 g/mol. The number of anilines is 1. The average Bonchev–Trinajstić information content (AvgIpc) is 2.47. The number of methoxy groups -OCH3 is 1. The molecule has 0 unspecified atom stereocenters. The molecule has 0 aliphatic carbocycles. The Morgan fingerprint density at radius 3 is 2.48 bits per heavy atom. The molecule has 0 fully saturated rings. The van der Waals surface area contributed by atoms with E-state index in [1.54, 1.807) is 32.0 Å². The minimum absolute atomic E-state index is 0.275. The molecule has 0 aliphatic heterocycles. The van der Waals surface area contributed by atoms with Gasteiger partial charge in [0.2, 0.25) is 11.8 Å². The Morgan fingerprint density at radius 2 is 1.86 bits per heavy atom. The first kappa shape index (κ1) is 17.0. The summed E-state index contributed by atoms with van der Waals surface area (Å²) in [6.07, 6.45) is 1.89. The molecule has 2 N–H and O–H groups in total. The number of carbonyl (C=O) groups excluding carboxylic acids is 2. The highest BCUT2D eigenvalue weighted by atomic mass is 16.5. The molecule has 116 valence electrons. The second-order valence-electron chi connectivity index (χ2n) is 5.39. The topological polar surface area (TPSA) is 67.4 Å². The molecule has 1 aromatic rings. The summed E-state index contributed by atoms with van der Waals surface area (Å²) < 4.78 is 5.18. The lowest BCUT2D eigenvalue weighted by Gasteiger charge is -2.23. The molecular weight excluding hydrogens is 268 g/mol. The largest absolute Gasteiger partial charge is 0.495 e. The van der Waals surface area contributed by atoms with E-state index in [0.717, 1.165) is 12.8 Å². The number of benzene rings is 1. The molecule has 0 heterocycles. The van der Waals surface area contributed by atoms with Crippen LogP contribution in [0.3, 0.4) is 0 Å². The lowest BCUT2D eigenvalue weighted by molar-refractivity contribution is -0.138.